The molecule has 1 rings (SSSR count). The summed E-state index contributed by atoms with van der Waals surface area (Å²) in [6.07, 6.45) is 3.53. The molecule has 2 unspecified atom stereocenters. The van der Waals surface area contributed by atoms with Crippen molar-refractivity contribution in [2.75, 3.05) is 13.2 Å². The van der Waals surface area contributed by atoms with E-state index in [0.29, 0.717) is 12.7 Å². The van der Waals surface area contributed by atoms with Crippen LogP contribution in [0, 0.1) is 0 Å². The molecular weight excluding hydrogens is 156 g/mol. The molecule has 3 heteroatoms. The van der Waals surface area contributed by atoms with Crippen molar-refractivity contribution >= 4 is 0 Å². The molecule has 12 heavy (non-hydrogen) atoms. The van der Waals surface area contributed by atoms with Gasteiger partial charge in [0.15, 0.2) is 6.29 Å². The number of epoxide rings is 1. The van der Waals surface area contributed by atoms with E-state index in [2.05, 4.69) is 13.5 Å². The summed E-state index contributed by atoms with van der Waals surface area (Å²) < 4.78 is 15.6. The number of hydrogen-bond acceptors (Lipinski definition) is 3. The third kappa shape index (κ3) is 3.74. The first-order valence-corrected chi connectivity index (χ1v) is 4.36. The third-order valence-corrected chi connectivity index (χ3v) is 1.64. The van der Waals surface area contributed by atoms with Crippen LogP contribution in [0.3, 0.4) is 0 Å². The van der Waals surface area contributed by atoms with Crippen LogP contribution in [0.2, 0.25) is 0 Å². The molecule has 2 atom stereocenters. The summed E-state index contributed by atoms with van der Waals surface area (Å²) in [6, 6.07) is 0. The zero-order chi connectivity index (χ0) is 8.81. The van der Waals surface area contributed by atoms with Crippen molar-refractivity contribution in [1.82, 2.24) is 0 Å². The second-order valence-electron chi connectivity index (χ2n) is 2.81. The van der Waals surface area contributed by atoms with Gasteiger partial charge in [-0.1, -0.05) is 19.9 Å². The number of rotatable bonds is 7. The van der Waals surface area contributed by atoms with E-state index < -0.39 is 0 Å². The molecule has 1 aliphatic heterocycles. The minimum Gasteiger partial charge on any atom is -0.473 e. The van der Waals surface area contributed by atoms with Crippen LogP contribution in [-0.2, 0) is 14.2 Å². The summed E-state index contributed by atoms with van der Waals surface area (Å²) in [4.78, 5) is 0. The van der Waals surface area contributed by atoms with E-state index >= 15 is 0 Å². The van der Waals surface area contributed by atoms with Gasteiger partial charge in [0.1, 0.15) is 6.10 Å². The van der Waals surface area contributed by atoms with Gasteiger partial charge in [0.05, 0.1) is 19.5 Å². The molecule has 3 nitrogen and oxygen atoms in total. The topological polar surface area (TPSA) is 31.0 Å². The molecule has 0 spiro atoms. The van der Waals surface area contributed by atoms with Gasteiger partial charge >= 0.3 is 0 Å². The highest BCUT2D eigenvalue weighted by Gasteiger charge is 2.24. The molecular formula is C9H16O3. The maximum Gasteiger partial charge on any atom is 0.198 e. The Kier molecular flexibility index (Phi) is 4.11. The van der Waals surface area contributed by atoms with Crippen LogP contribution < -0.4 is 0 Å². The lowest BCUT2D eigenvalue weighted by molar-refractivity contribution is -0.113. The first-order chi connectivity index (χ1) is 5.86. The Morgan fingerprint density at radius 1 is 1.75 bits per heavy atom. The Balaban J connectivity index is 2.06. The second-order valence-corrected chi connectivity index (χ2v) is 2.81. The first-order valence-electron chi connectivity index (χ1n) is 4.36. The van der Waals surface area contributed by atoms with E-state index in [4.69, 9.17) is 14.2 Å². The van der Waals surface area contributed by atoms with Crippen molar-refractivity contribution in [3.05, 3.63) is 12.8 Å². The van der Waals surface area contributed by atoms with Gasteiger partial charge in [0.2, 0.25) is 0 Å². The van der Waals surface area contributed by atoms with Crippen LogP contribution in [-0.4, -0.2) is 25.6 Å². The molecule has 1 heterocycles. The lowest BCUT2D eigenvalue weighted by atomic mass is 10.3. The van der Waals surface area contributed by atoms with Crippen molar-refractivity contribution in [2.45, 2.75) is 32.2 Å². The highest BCUT2D eigenvalue weighted by atomic mass is 16.7. The zero-order valence-corrected chi connectivity index (χ0v) is 7.49. The summed E-state index contributed by atoms with van der Waals surface area (Å²) in [5, 5.41) is 0. The lowest BCUT2D eigenvalue weighted by Crippen LogP contribution is -2.17. The van der Waals surface area contributed by atoms with Gasteiger partial charge in [-0.2, -0.15) is 0 Å². The smallest absolute Gasteiger partial charge is 0.198 e. The van der Waals surface area contributed by atoms with Crippen LogP contribution in [0.1, 0.15) is 19.8 Å². The van der Waals surface area contributed by atoms with Gasteiger partial charge in [0, 0.05) is 6.42 Å². The fourth-order valence-electron chi connectivity index (χ4n) is 0.913. The number of ether oxygens (including phenoxy) is 3. The van der Waals surface area contributed by atoms with Crippen molar-refractivity contribution in [3.8, 4) is 0 Å². The minimum absolute atomic E-state index is 0.142. The molecule has 0 bridgehead atoms. The van der Waals surface area contributed by atoms with Crippen LogP contribution in [0.4, 0.5) is 0 Å². The van der Waals surface area contributed by atoms with Gasteiger partial charge in [-0.05, 0) is 0 Å². The van der Waals surface area contributed by atoms with E-state index in [1.54, 1.807) is 0 Å². The maximum absolute atomic E-state index is 5.43. The fourth-order valence-corrected chi connectivity index (χ4v) is 0.913. The maximum atomic E-state index is 5.43. The normalized spacial score (nSPS) is 23.2. The van der Waals surface area contributed by atoms with Gasteiger partial charge in [0.25, 0.3) is 0 Å². The van der Waals surface area contributed by atoms with E-state index in [1.165, 1.54) is 6.26 Å². The fraction of sp³-hybridized carbons (Fsp3) is 0.778. The highest BCUT2D eigenvalue weighted by Crippen LogP contribution is 2.12. The van der Waals surface area contributed by atoms with Crippen molar-refractivity contribution < 1.29 is 14.2 Å². The molecule has 0 aromatic heterocycles. The van der Waals surface area contributed by atoms with Crippen molar-refractivity contribution in [1.29, 1.82) is 0 Å². The molecule has 0 radical (unpaired) electrons. The van der Waals surface area contributed by atoms with Crippen molar-refractivity contribution in [2.24, 2.45) is 0 Å². The molecule has 0 aromatic carbocycles. The number of hydrogen-bond donors (Lipinski definition) is 0. The Morgan fingerprint density at radius 3 is 3.00 bits per heavy atom. The molecule has 0 amide bonds. The monoisotopic (exact) mass is 172 g/mol. The lowest BCUT2D eigenvalue weighted by Gasteiger charge is -2.15. The molecule has 1 fully saturated rings. The van der Waals surface area contributed by atoms with E-state index in [0.717, 1.165) is 19.4 Å². The van der Waals surface area contributed by atoms with Gasteiger partial charge in [-0.3, -0.25) is 0 Å². The molecule has 0 aromatic rings. The average Bonchev–Trinajstić information content (AvgIpc) is 2.84. The second kappa shape index (κ2) is 5.17. The predicted octanol–water partition coefficient (Wildman–Crippen LogP) is 1.69. The Labute approximate surface area is 73.3 Å². The molecule has 0 saturated carbocycles. The van der Waals surface area contributed by atoms with Gasteiger partial charge in [-0.25, -0.2) is 0 Å². The summed E-state index contributed by atoms with van der Waals surface area (Å²) >= 11 is 0. The molecule has 1 saturated heterocycles. The third-order valence-electron chi connectivity index (χ3n) is 1.64. The quantitative estimate of drug-likeness (QED) is 0.332. The molecule has 0 aliphatic carbocycles. The van der Waals surface area contributed by atoms with Gasteiger partial charge in [-0.15, -0.1) is 0 Å². The van der Waals surface area contributed by atoms with E-state index in [1.807, 2.05) is 0 Å². The summed E-state index contributed by atoms with van der Waals surface area (Å²) in [7, 11) is 0. The Hall–Kier alpha value is -0.540. The average molecular weight is 172 g/mol. The molecule has 1 aliphatic rings. The van der Waals surface area contributed by atoms with E-state index in [9.17, 15) is 0 Å². The summed E-state index contributed by atoms with van der Waals surface area (Å²) in [6.45, 7) is 7.05. The summed E-state index contributed by atoms with van der Waals surface area (Å²) in [5.74, 6) is 0. The van der Waals surface area contributed by atoms with Gasteiger partial charge < -0.3 is 14.2 Å². The van der Waals surface area contributed by atoms with E-state index in [-0.39, 0.29) is 6.29 Å². The zero-order valence-electron chi connectivity index (χ0n) is 7.49. The largest absolute Gasteiger partial charge is 0.473 e. The SMILES string of the molecule is C=COC(CCC)OCC1CO1. The minimum atomic E-state index is -0.142. The predicted molar refractivity (Wildman–Crippen MR) is 45.7 cm³/mol. The van der Waals surface area contributed by atoms with Crippen molar-refractivity contribution in [3.63, 3.8) is 0 Å². The Morgan fingerprint density at radius 2 is 2.50 bits per heavy atom. The Bertz CT molecular complexity index is 132. The highest BCUT2D eigenvalue weighted by molar-refractivity contribution is 4.68. The van der Waals surface area contributed by atoms with Crippen LogP contribution in [0.5, 0.6) is 0 Å². The summed E-state index contributed by atoms with van der Waals surface area (Å²) in [5.41, 5.74) is 0. The first kappa shape index (κ1) is 9.55. The van der Waals surface area contributed by atoms with Crippen LogP contribution >= 0.6 is 0 Å². The van der Waals surface area contributed by atoms with Crippen LogP contribution in [0.15, 0.2) is 12.8 Å². The standard InChI is InChI=1S/C9H16O3/c1-3-5-9(10-4-2)12-7-8-6-11-8/h4,8-9H,2-3,5-7H2,1H3. The molecule has 0 N–H and O–H groups in total. The molecule has 70 valence electrons. The van der Waals surface area contributed by atoms with Crippen LogP contribution in [0.25, 0.3) is 0 Å².